The molecule has 0 aliphatic carbocycles. The van der Waals surface area contributed by atoms with Crippen molar-refractivity contribution in [3.8, 4) is 5.75 Å². The number of fused-ring (bicyclic) bond motifs is 2. The van der Waals surface area contributed by atoms with Crippen molar-refractivity contribution in [3.63, 3.8) is 0 Å². The Morgan fingerprint density at radius 1 is 1.19 bits per heavy atom. The summed E-state index contributed by atoms with van der Waals surface area (Å²) in [7, 11) is 1.65. The van der Waals surface area contributed by atoms with Crippen molar-refractivity contribution in [2.75, 3.05) is 18.6 Å². The molecular formula is C24H22FN3O2S. The summed E-state index contributed by atoms with van der Waals surface area (Å²) >= 11 is 1.46. The van der Waals surface area contributed by atoms with Gasteiger partial charge in [0.25, 0.3) is 5.91 Å². The van der Waals surface area contributed by atoms with Gasteiger partial charge in [-0.3, -0.25) is 9.48 Å². The van der Waals surface area contributed by atoms with Crippen LogP contribution in [0.2, 0.25) is 0 Å². The number of hydrogen-bond donors (Lipinski definition) is 0. The number of nitrogens with zero attached hydrogens (tertiary/aromatic N) is 3. The minimum atomic E-state index is -0.256. The van der Waals surface area contributed by atoms with Gasteiger partial charge in [-0.25, -0.2) is 4.39 Å². The lowest BCUT2D eigenvalue weighted by molar-refractivity contribution is 0.0989. The Morgan fingerprint density at radius 2 is 2.00 bits per heavy atom. The molecule has 0 unspecified atom stereocenters. The first kappa shape index (κ1) is 19.8. The number of aromatic nitrogens is 2. The van der Waals surface area contributed by atoms with Crippen LogP contribution in [0, 0.1) is 12.7 Å². The molecule has 3 heterocycles. The van der Waals surface area contributed by atoms with Gasteiger partial charge in [-0.2, -0.15) is 5.10 Å². The van der Waals surface area contributed by atoms with Crippen LogP contribution in [0.3, 0.4) is 0 Å². The van der Waals surface area contributed by atoms with Crippen LogP contribution in [0.25, 0.3) is 10.2 Å². The molecule has 0 N–H and O–H groups in total. The second kappa shape index (κ2) is 7.81. The number of methoxy groups -OCH3 is 1. The van der Waals surface area contributed by atoms with Crippen molar-refractivity contribution in [1.29, 1.82) is 0 Å². The number of carbonyl (C=O) groups is 1. The molecule has 0 spiro atoms. The Balaban J connectivity index is 1.47. The van der Waals surface area contributed by atoms with Gasteiger partial charge in [-0.15, -0.1) is 11.3 Å². The van der Waals surface area contributed by atoms with Gasteiger partial charge in [0.15, 0.2) is 0 Å². The minimum Gasteiger partial charge on any atom is -0.497 e. The molecule has 7 heteroatoms. The molecule has 1 aliphatic heterocycles. The number of carbonyl (C=O) groups excluding carboxylic acids is 1. The van der Waals surface area contributed by atoms with Gasteiger partial charge in [0.2, 0.25) is 0 Å². The maximum absolute atomic E-state index is 13.4. The largest absolute Gasteiger partial charge is 0.497 e. The van der Waals surface area contributed by atoms with E-state index < -0.39 is 0 Å². The predicted molar refractivity (Wildman–Crippen MR) is 121 cm³/mol. The van der Waals surface area contributed by atoms with Crippen LogP contribution < -0.4 is 9.64 Å². The number of aryl methyl sites for hydroxylation is 2. The van der Waals surface area contributed by atoms with Crippen LogP contribution in [-0.4, -0.2) is 29.3 Å². The molecule has 2 aromatic carbocycles. The maximum Gasteiger partial charge on any atom is 0.268 e. The number of halogens is 1. The highest BCUT2D eigenvalue weighted by atomic mass is 32.1. The van der Waals surface area contributed by atoms with E-state index in [1.807, 2.05) is 40.8 Å². The van der Waals surface area contributed by atoms with E-state index in [9.17, 15) is 9.18 Å². The van der Waals surface area contributed by atoms with Crippen LogP contribution in [-0.2, 0) is 13.0 Å². The van der Waals surface area contributed by atoms with Crippen molar-refractivity contribution in [3.05, 3.63) is 76.0 Å². The van der Waals surface area contributed by atoms with E-state index in [4.69, 9.17) is 4.74 Å². The molecule has 5 nitrogen and oxygen atoms in total. The van der Waals surface area contributed by atoms with Crippen LogP contribution >= 0.6 is 11.3 Å². The van der Waals surface area contributed by atoms with E-state index in [2.05, 4.69) is 5.10 Å². The normalized spacial score (nSPS) is 13.5. The van der Waals surface area contributed by atoms with Crippen LogP contribution in [0.15, 0.2) is 48.5 Å². The zero-order valence-electron chi connectivity index (χ0n) is 17.4. The highest BCUT2D eigenvalue weighted by molar-refractivity contribution is 7.20. The number of hydrogen-bond acceptors (Lipinski definition) is 4. The van der Waals surface area contributed by atoms with Crippen LogP contribution in [0.5, 0.6) is 5.75 Å². The summed E-state index contributed by atoms with van der Waals surface area (Å²) in [6.07, 6.45) is 1.86. The summed E-state index contributed by atoms with van der Waals surface area (Å²) in [6, 6.07) is 14.3. The molecule has 2 aromatic heterocycles. The number of thiophene rings is 1. The van der Waals surface area contributed by atoms with Crippen molar-refractivity contribution in [2.24, 2.45) is 0 Å². The predicted octanol–water partition coefficient (Wildman–Crippen LogP) is 5.20. The SMILES string of the molecule is COc1ccc2c(c1)CCCN2C(=O)c1cc2c(C)nn(Cc3ccc(F)cc3)c2s1. The average Bonchev–Trinajstić information content (AvgIpc) is 3.35. The quantitative estimate of drug-likeness (QED) is 0.443. The van der Waals surface area contributed by atoms with Crippen molar-refractivity contribution >= 4 is 33.1 Å². The Hall–Kier alpha value is -3.19. The molecule has 0 atom stereocenters. The summed E-state index contributed by atoms with van der Waals surface area (Å²) in [5, 5.41) is 5.62. The van der Waals surface area contributed by atoms with Crippen LogP contribution in [0.1, 0.15) is 32.9 Å². The topological polar surface area (TPSA) is 47.4 Å². The zero-order chi connectivity index (χ0) is 21.5. The van der Waals surface area contributed by atoms with Crippen molar-refractivity contribution in [1.82, 2.24) is 9.78 Å². The van der Waals surface area contributed by atoms with Gasteiger partial charge in [-0.1, -0.05) is 12.1 Å². The summed E-state index contributed by atoms with van der Waals surface area (Å²) in [5.74, 6) is 0.570. The van der Waals surface area contributed by atoms with Gasteiger partial charge < -0.3 is 9.64 Å². The third-order valence-corrected chi connectivity index (χ3v) is 6.85. The van der Waals surface area contributed by atoms with Gasteiger partial charge in [0.1, 0.15) is 16.4 Å². The van der Waals surface area contributed by atoms with Gasteiger partial charge >= 0.3 is 0 Å². The number of anilines is 1. The third-order valence-electron chi connectivity index (χ3n) is 5.71. The molecule has 4 aromatic rings. The Kier molecular flexibility index (Phi) is 4.98. The fourth-order valence-electron chi connectivity index (χ4n) is 4.13. The molecule has 0 saturated carbocycles. The van der Waals surface area contributed by atoms with Gasteiger partial charge in [-0.05, 0) is 67.3 Å². The number of rotatable bonds is 4. The number of benzene rings is 2. The van der Waals surface area contributed by atoms with E-state index in [-0.39, 0.29) is 11.7 Å². The van der Waals surface area contributed by atoms with Crippen LogP contribution in [0.4, 0.5) is 10.1 Å². The molecule has 0 radical (unpaired) electrons. The summed E-state index contributed by atoms with van der Waals surface area (Å²) in [4.78, 5) is 17.0. The molecular weight excluding hydrogens is 413 g/mol. The van der Waals surface area contributed by atoms with E-state index in [0.717, 1.165) is 51.3 Å². The highest BCUT2D eigenvalue weighted by Gasteiger charge is 2.26. The highest BCUT2D eigenvalue weighted by Crippen LogP contribution is 2.34. The lowest BCUT2D eigenvalue weighted by atomic mass is 10.0. The standard InChI is InChI=1S/C24H22FN3O2S/c1-15-20-13-22(31-24(20)28(26-15)14-16-5-7-18(25)8-6-16)23(29)27-11-3-4-17-12-19(30-2)9-10-21(17)27/h5-10,12-13H,3-4,11,14H2,1-2H3. The first-order valence-electron chi connectivity index (χ1n) is 10.2. The average molecular weight is 436 g/mol. The minimum absolute atomic E-state index is 0.0139. The third kappa shape index (κ3) is 3.59. The number of ether oxygens (including phenoxy) is 1. The summed E-state index contributed by atoms with van der Waals surface area (Å²) < 4.78 is 20.5. The molecule has 0 fully saturated rings. The zero-order valence-corrected chi connectivity index (χ0v) is 18.2. The number of amides is 1. The van der Waals surface area contributed by atoms with E-state index in [0.29, 0.717) is 18.0 Å². The molecule has 1 amide bonds. The lowest BCUT2D eigenvalue weighted by Gasteiger charge is -2.29. The second-order valence-corrected chi connectivity index (χ2v) is 8.78. The Labute approximate surface area is 183 Å². The van der Waals surface area contributed by atoms with E-state index in [1.54, 1.807) is 19.2 Å². The maximum atomic E-state index is 13.4. The fourth-order valence-corrected chi connectivity index (χ4v) is 5.24. The lowest BCUT2D eigenvalue weighted by Crippen LogP contribution is -2.35. The monoisotopic (exact) mass is 435 g/mol. The Morgan fingerprint density at radius 3 is 2.77 bits per heavy atom. The fraction of sp³-hybridized carbons (Fsp3) is 0.250. The molecule has 5 rings (SSSR count). The first-order chi connectivity index (χ1) is 15.0. The van der Waals surface area contributed by atoms with Gasteiger partial charge in [0, 0.05) is 17.6 Å². The molecule has 31 heavy (non-hydrogen) atoms. The van der Waals surface area contributed by atoms with Crippen molar-refractivity contribution in [2.45, 2.75) is 26.3 Å². The van der Waals surface area contributed by atoms with E-state index in [1.165, 1.54) is 23.5 Å². The second-order valence-electron chi connectivity index (χ2n) is 7.75. The van der Waals surface area contributed by atoms with E-state index >= 15 is 0 Å². The summed E-state index contributed by atoms with van der Waals surface area (Å²) in [6.45, 7) is 3.19. The molecule has 158 valence electrons. The smallest absolute Gasteiger partial charge is 0.268 e. The van der Waals surface area contributed by atoms with Gasteiger partial charge in [0.05, 0.1) is 24.2 Å². The molecule has 0 saturated heterocycles. The summed E-state index contributed by atoms with van der Waals surface area (Å²) in [5.41, 5.74) is 3.94. The Bertz CT molecular complexity index is 1280. The molecule has 0 bridgehead atoms. The first-order valence-corrected chi connectivity index (χ1v) is 11.1. The van der Waals surface area contributed by atoms with Crippen molar-refractivity contribution < 1.29 is 13.9 Å². The molecule has 1 aliphatic rings.